The van der Waals surface area contributed by atoms with Crippen molar-refractivity contribution in [3.8, 4) is 0 Å². The van der Waals surface area contributed by atoms with Crippen LogP contribution in [0.5, 0.6) is 0 Å². The van der Waals surface area contributed by atoms with Crippen LogP contribution in [0.15, 0.2) is 46.9 Å². The summed E-state index contributed by atoms with van der Waals surface area (Å²) in [4.78, 5) is 34.1. The Hall–Kier alpha value is -3.16. The number of hydrogen-bond acceptors (Lipinski definition) is 6. The minimum atomic E-state index is -1.07. The van der Waals surface area contributed by atoms with Gasteiger partial charge in [-0.3, -0.25) is 14.9 Å². The average Bonchev–Trinajstić information content (AvgIpc) is 3.12. The number of nitrogens with zero attached hydrogens (tertiary/aromatic N) is 1. The fourth-order valence-electron chi connectivity index (χ4n) is 2.39. The predicted molar refractivity (Wildman–Crippen MR) is 92.5 cm³/mol. The maximum Gasteiger partial charge on any atom is 0.433 e. The molecule has 0 spiro atoms. The molecule has 8 nitrogen and oxygen atoms in total. The van der Waals surface area contributed by atoms with Crippen LogP contribution in [0.25, 0.3) is 0 Å². The Balaban J connectivity index is 1.98. The van der Waals surface area contributed by atoms with Crippen molar-refractivity contribution in [3.05, 3.63) is 63.9 Å². The second-order valence-corrected chi connectivity index (χ2v) is 5.70. The zero-order chi connectivity index (χ0) is 19.1. The predicted octanol–water partition coefficient (Wildman–Crippen LogP) is 3.39. The zero-order valence-corrected chi connectivity index (χ0v) is 14.5. The summed E-state index contributed by atoms with van der Waals surface area (Å²) in [6, 6.07) is 11.5. The molecule has 1 aromatic heterocycles. The van der Waals surface area contributed by atoms with Gasteiger partial charge in [-0.05, 0) is 25.0 Å². The van der Waals surface area contributed by atoms with E-state index in [-0.39, 0.29) is 11.8 Å². The van der Waals surface area contributed by atoms with Gasteiger partial charge in [-0.1, -0.05) is 43.7 Å². The van der Waals surface area contributed by atoms with E-state index >= 15 is 0 Å². The first-order chi connectivity index (χ1) is 12.4. The number of nitrogens with one attached hydrogen (secondary N) is 1. The number of amides is 1. The van der Waals surface area contributed by atoms with Gasteiger partial charge in [0.1, 0.15) is 4.92 Å². The second kappa shape index (κ2) is 8.80. The summed E-state index contributed by atoms with van der Waals surface area (Å²) in [7, 11) is 0. The molecule has 2 unspecified atom stereocenters. The first-order valence-corrected chi connectivity index (χ1v) is 8.23. The van der Waals surface area contributed by atoms with Gasteiger partial charge >= 0.3 is 11.9 Å². The number of carbonyl (C=O) groups is 2. The van der Waals surface area contributed by atoms with Crippen molar-refractivity contribution >= 4 is 17.8 Å². The third-order valence-corrected chi connectivity index (χ3v) is 3.72. The molecule has 0 saturated heterocycles. The highest BCUT2D eigenvalue weighted by molar-refractivity contribution is 5.90. The highest BCUT2D eigenvalue weighted by Gasteiger charge is 2.25. The van der Waals surface area contributed by atoms with Gasteiger partial charge in [0.25, 0.3) is 5.91 Å². The summed E-state index contributed by atoms with van der Waals surface area (Å²) in [5.41, 5.74) is 0.961. The molecule has 2 atom stereocenters. The van der Waals surface area contributed by atoms with Crippen molar-refractivity contribution in [1.82, 2.24) is 5.32 Å². The molecule has 0 aliphatic heterocycles. The topological polar surface area (TPSA) is 112 Å². The summed E-state index contributed by atoms with van der Waals surface area (Å²) in [5, 5.41) is 13.4. The fraction of sp³-hybridized carbons (Fsp3) is 0.333. The number of hydrogen-bond donors (Lipinski definition) is 1. The fourth-order valence-corrected chi connectivity index (χ4v) is 2.39. The third-order valence-electron chi connectivity index (χ3n) is 3.72. The Labute approximate surface area is 150 Å². The van der Waals surface area contributed by atoms with E-state index in [0.717, 1.165) is 30.5 Å². The van der Waals surface area contributed by atoms with Crippen molar-refractivity contribution in [2.45, 2.75) is 38.8 Å². The molecule has 138 valence electrons. The van der Waals surface area contributed by atoms with E-state index < -0.39 is 28.8 Å². The molecule has 0 aliphatic carbocycles. The number of rotatable bonds is 8. The molecule has 0 aliphatic rings. The monoisotopic (exact) mass is 360 g/mol. The molecule has 0 saturated carbocycles. The van der Waals surface area contributed by atoms with Crippen molar-refractivity contribution in [3.63, 3.8) is 0 Å². The Morgan fingerprint density at radius 3 is 2.50 bits per heavy atom. The second-order valence-electron chi connectivity index (χ2n) is 5.70. The Morgan fingerprint density at radius 2 is 1.92 bits per heavy atom. The minimum absolute atomic E-state index is 0.195. The van der Waals surface area contributed by atoms with Crippen molar-refractivity contribution < 1.29 is 23.7 Å². The number of ether oxygens (including phenoxy) is 1. The number of nitro groups is 1. The van der Waals surface area contributed by atoms with Crippen molar-refractivity contribution in [2.75, 3.05) is 0 Å². The largest absolute Gasteiger partial charge is 0.447 e. The van der Waals surface area contributed by atoms with Gasteiger partial charge in [-0.15, -0.1) is 0 Å². The van der Waals surface area contributed by atoms with Gasteiger partial charge in [0.05, 0.1) is 12.1 Å². The number of benzene rings is 1. The van der Waals surface area contributed by atoms with Crippen LogP contribution in [-0.4, -0.2) is 22.9 Å². The highest BCUT2D eigenvalue weighted by Crippen LogP contribution is 2.19. The lowest BCUT2D eigenvalue weighted by Crippen LogP contribution is -2.38. The molecular weight excluding hydrogens is 340 g/mol. The van der Waals surface area contributed by atoms with Gasteiger partial charge in [0.15, 0.2) is 6.10 Å². The minimum Gasteiger partial charge on any atom is -0.447 e. The molecular formula is C18H20N2O6. The van der Waals surface area contributed by atoms with Gasteiger partial charge in [0, 0.05) is 0 Å². The van der Waals surface area contributed by atoms with Crippen molar-refractivity contribution in [1.29, 1.82) is 0 Å². The molecule has 8 heteroatoms. The molecule has 1 N–H and O–H groups in total. The lowest BCUT2D eigenvalue weighted by molar-refractivity contribution is -0.402. The standard InChI is InChI=1S/C18H20N2O6/c1-3-7-14(13-8-5-4-6-9-13)19-17(21)12(2)25-18(22)15-10-11-16(26-15)20(23)24/h4-6,8-12,14H,3,7H2,1-2H3,(H,19,21). The summed E-state index contributed by atoms with van der Waals surface area (Å²) in [5.74, 6) is -2.29. The van der Waals surface area contributed by atoms with Crippen LogP contribution in [0, 0.1) is 10.1 Å². The average molecular weight is 360 g/mol. The molecule has 26 heavy (non-hydrogen) atoms. The van der Waals surface area contributed by atoms with E-state index in [4.69, 9.17) is 9.15 Å². The normalized spacial score (nSPS) is 12.8. The molecule has 1 aromatic carbocycles. The van der Waals surface area contributed by atoms with Crippen LogP contribution < -0.4 is 5.32 Å². The van der Waals surface area contributed by atoms with Crippen LogP contribution in [0.1, 0.15) is 48.8 Å². The SMILES string of the molecule is CCCC(NC(=O)C(C)OC(=O)c1ccc([N+](=O)[O-])o1)c1ccccc1. The van der Waals surface area contributed by atoms with Crippen LogP contribution in [-0.2, 0) is 9.53 Å². The van der Waals surface area contributed by atoms with Gasteiger partial charge in [-0.25, -0.2) is 4.79 Å². The smallest absolute Gasteiger partial charge is 0.433 e. The molecule has 0 radical (unpaired) electrons. The molecule has 0 fully saturated rings. The maximum atomic E-state index is 12.4. The first kappa shape index (κ1) is 19.2. The van der Waals surface area contributed by atoms with Gasteiger partial charge in [0.2, 0.25) is 5.76 Å². The summed E-state index contributed by atoms with van der Waals surface area (Å²) in [6.45, 7) is 3.44. The van der Waals surface area contributed by atoms with E-state index in [1.165, 1.54) is 6.92 Å². The Bertz CT molecular complexity index is 771. The van der Waals surface area contributed by atoms with E-state index in [9.17, 15) is 19.7 Å². The molecule has 2 aromatic rings. The lowest BCUT2D eigenvalue weighted by Gasteiger charge is -2.21. The lowest BCUT2D eigenvalue weighted by atomic mass is 10.0. The number of furan rings is 1. The number of carbonyl (C=O) groups excluding carboxylic acids is 2. The van der Waals surface area contributed by atoms with E-state index in [2.05, 4.69) is 5.32 Å². The quantitative estimate of drug-likeness (QED) is 0.439. The summed E-state index contributed by atoms with van der Waals surface area (Å²) < 4.78 is 9.81. The summed E-state index contributed by atoms with van der Waals surface area (Å²) in [6.07, 6.45) is 0.528. The van der Waals surface area contributed by atoms with Crippen LogP contribution in [0.2, 0.25) is 0 Å². The molecule has 1 amide bonds. The van der Waals surface area contributed by atoms with E-state index in [1.54, 1.807) is 0 Å². The van der Waals surface area contributed by atoms with Gasteiger partial charge in [-0.2, -0.15) is 0 Å². The molecule has 2 rings (SSSR count). The van der Waals surface area contributed by atoms with Gasteiger partial charge < -0.3 is 14.5 Å². The Kier molecular flexibility index (Phi) is 6.48. The first-order valence-electron chi connectivity index (χ1n) is 8.23. The van der Waals surface area contributed by atoms with Crippen LogP contribution >= 0.6 is 0 Å². The Morgan fingerprint density at radius 1 is 1.23 bits per heavy atom. The number of esters is 1. The zero-order valence-electron chi connectivity index (χ0n) is 14.5. The van der Waals surface area contributed by atoms with E-state index in [0.29, 0.717) is 0 Å². The summed E-state index contributed by atoms with van der Waals surface area (Å²) >= 11 is 0. The van der Waals surface area contributed by atoms with E-state index in [1.807, 2.05) is 37.3 Å². The molecule has 1 heterocycles. The van der Waals surface area contributed by atoms with Crippen molar-refractivity contribution in [2.24, 2.45) is 0 Å². The maximum absolute atomic E-state index is 12.4. The highest BCUT2D eigenvalue weighted by atomic mass is 16.7. The third kappa shape index (κ3) is 4.92. The van der Waals surface area contributed by atoms with Crippen LogP contribution in [0.4, 0.5) is 5.88 Å². The molecule has 0 bridgehead atoms. The van der Waals surface area contributed by atoms with Crippen LogP contribution in [0.3, 0.4) is 0 Å².